The lowest BCUT2D eigenvalue weighted by Crippen LogP contribution is -2.35. The van der Waals surface area contributed by atoms with E-state index in [0.29, 0.717) is 0 Å². The van der Waals surface area contributed by atoms with Gasteiger partial charge in [-0.2, -0.15) is 11.8 Å². The quantitative estimate of drug-likeness (QED) is 0.424. The van der Waals surface area contributed by atoms with Crippen molar-refractivity contribution in [1.82, 2.24) is 9.80 Å². The molecule has 0 spiro atoms. The van der Waals surface area contributed by atoms with Crippen molar-refractivity contribution in [2.75, 3.05) is 33.9 Å². The van der Waals surface area contributed by atoms with Gasteiger partial charge in [0.15, 0.2) is 5.96 Å². The van der Waals surface area contributed by atoms with Crippen LogP contribution in [0, 0.1) is 0 Å². The van der Waals surface area contributed by atoms with Gasteiger partial charge in [0, 0.05) is 43.7 Å². The van der Waals surface area contributed by atoms with E-state index in [1.165, 1.54) is 28.4 Å². The van der Waals surface area contributed by atoms with E-state index in [9.17, 15) is 0 Å². The zero-order chi connectivity index (χ0) is 13.1. The third-order valence-electron chi connectivity index (χ3n) is 2.86. The summed E-state index contributed by atoms with van der Waals surface area (Å²) in [4.78, 5) is 11.8. The molecule has 3 nitrogen and oxygen atoms in total. The van der Waals surface area contributed by atoms with Gasteiger partial charge >= 0.3 is 0 Å². The molecule has 1 aliphatic rings. The minimum absolute atomic E-state index is 0. The topological polar surface area (TPSA) is 18.8 Å². The van der Waals surface area contributed by atoms with Crippen molar-refractivity contribution in [2.24, 2.45) is 4.99 Å². The molecule has 19 heavy (non-hydrogen) atoms. The molecule has 0 atom stereocenters. The Balaban J connectivity index is 0.00000180. The number of guanidine groups is 1. The molecule has 2 heterocycles. The van der Waals surface area contributed by atoms with Gasteiger partial charge in [0.1, 0.15) is 0 Å². The summed E-state index contributed by atoms with van der Waals surface area (Å²) in [7, 11) is 8.15. The first kappa shape index (κ1) is 17.1. The van der Waals surface area contributed by atoms with Gasteiger partial charge in [-0.15, -0.1) is 35.3 Å². The standard InChI is InChI=1S/C13H21N3S2.HI/c1-15(2)13(16(3)4)14-8-11-7-10-9-17-6-5-12(10)18-11;/h7H,5-6,8-9H2,1-4H3;1H. The Morgan fingerprint density at radius 1 is 1.26 bits per heavy atom. The lowest BCUT2D eigenvalue weighted by atomic mass is 10.2. The molecule has 0 aromatic carbocycles. The minimum Gasteiger partial charge on any atom is -0.349 e. The number of aryl methyl sites for hydroxylation is 1. The van der Waals surface area contributed by atoms with Crippen LogP contribution < -0.4 is 0 Å². The van der Waals surface area contributed by atoms with Crippen molar-refractivity contribution < 1.29 is 0 Å². The molecule has 108 valence electrons. The number of aliphatic imine (C=N–C) groups is 1. The van der Waals surface area contributed by atoms with Crippen LogP contribution in [0.25, 0.3) is 0 Å². The normalized spacial score (nSPS) is 13.3. The number of thiophene rings is 1. The molecule has 1 aromatic rings. The number of hydrogen-bond acceptors (Lipinski definition) is 3. The summed E-state index contributed by atoms with van der Waals surface area (Å²) in [5.41, 5.74) is 1.54. The fraction of sp³-hybridized carbons (Fsp3) is 0.615. The highest BCUT2D eigenvalue weighted by Gasteiger charge is 2.13. The van der Waals surface area contributed by atoms with Crippen molar-refractivity contribution in [3.05, 3.63) is 21.4 Å². The molecule has 0 aliphatic carbocycles. The van der Waals surface area contributed by atoms with Gasteiger partial charge in [-0.3, -0.25) is 0 Å². The van der Waals surface area contributed by atoms with Crippen LogP contribution in [0.1, 0.15) is 15.3 Å². The average molecular weight is 411 g/mol. The molecule has 0 fully saturated rings. The summed E-state index contributed by atoms with van der Waals surface area (Å²) < 4.78 is 0. The van der Waals surface area contributed by atoms with Crippen molar-refractivity contribution in [2.45, 2.75) is 18.7 Å². The van der Waals surface area contributed by atoms with E-state index in [-0.39, 0.29) is 24.0 Å². The van der Waals surface area contributed by atoms with Gasteiger partial charge in [-0.1, -0.05) is 0 Å². The molecule has 0 saturated carbocycles. The van der Waals surface area contributed by atoms with Crippen molar-refractivity contribution in [3.63, 3.8) is 0 Å². The summed E-state index contributed by atoms with van der Waals surface area (Å²) in [6.07, 6.45) is 1.24. The largest absolute Gasteiger partial charge is 0.349 e. The number of hydrogen-bond donors (Lipinski definition) is 0. The fourth-order valence-corrected chi connectivity index (χ4v) is 4.42. The summed E-state index contributed by atoms with van der Waals surface area (Å²) in [6.45, 7) is 0.800. The van der Waals surface area contributed by atoms with E-state index in [2.05, 4.69) is 15.9 Å². The third kappa shape index (κ3) is 4.53. The smallest absolute Gasteiger partial charge is 0.195 e. The Labute approximate surface area is 141 Å². The number of fused-ring (bicyclic) bond motifs is 1. The number of nitrogens with zero attached hydrogens (tertiary/aromatic N) is 3. The van der Waals surface area contributed by atoms with Gasteiger partial charge in [0.25, 0.3) is 0 Å². The van der Waals surface area contributed by atoms with Crippen LogP contribution in [0.15, 0.2) is 11.1 Å². The van der Waals surface area contributed by atoms with E-state index in [1.807, 2.05) is 51.3 Å². The Morgan fingerprint density at radius 3 is 2.53 bits per heavy atom. The molecule has 2 rings (SSSR count). The van der Waals surface area contributed by atoms with Gasteiger partial charge in [-0.25, -0.2) is 4.99 Å². The molecule has 0 bridgehead atoms. The summed E-state index contributed by atoms with van der Waals surface area (Å²) >= 11 is 3.98. The van der Waals surface area contributed by atoms with Gasteiger partial charge < -0.3 is 9.80 Å². The Morgan fingerprint density at radius 2 is 1.95 bits per heavy atom. The zero-order valence-corrected chi connectivity index (χ0v) is 15.9. The molecule has 6 heteroatoms. The highest BCUT2D eigenvalue weighted by atomic mass is 127. The highest BCUT2D eigenvalue weighted by molar-refractivity contribution is 14.0. The van der Waals surface area contributed by atoms with Gasteiger partial charge in [0.2, 0.25) is 0 Å². The van der Waals surface area contributed by atoms with Crippen LogP contribution in [0.5, 0.6) is 0 Å². The SMILES string of the molecule is CN(C)C(=NCc1cc2c(s1)CCSC2)N(C)C.I. The second-order valence-corrected chi connectivity index (χ2v) is 7.20. The number of thioether (sulfide) groups is 1. The summed E-state index contributed by atoms with van der Waals surface area (Å²) in [5, 5.41) is 0. The van der Waals surface area contributed by atoms with Crippen LogP contribution in [-0.4, -0.2) is 49.7 Å². The lowest BCUT2D eigenvalue weighted by Gasteiger charge is -2.22. The van der Waals surface area contributed by atoms with E-state index in [4.69, 9.17) is 4.99 Å². The second kappa shape index (κ2) is 7.73. The Bertz CT molecular complexity index is 408. The second-order valence-electron chi connectivity index (χ2n) is 4.87. The van der Waals surface area contributed by atoms with Gasteiger partial charge in [-0.05, 0) is 23.8 Å². The molecule has 0 radical (unpaired) electrons. The van der Waals surface area contributed by atoms with Crippen LogP contribution in [-0.2, 0) is 18.7 Å². The molecule has 1 aliphatic heterocycles. The molecular formula is C13H22IN3S2. The first-order valence-electron chi connectivity index (χ1n) is 6.15. The van der Waals surface area contributed by atoms with Crippen LogP contribution in [0.3, 0.4) is 0 Å². The van der Waals surface area contributed by atoms with Crippen molar-refractivity contribution in [1.29, 1.82) is 0 Å². The first-order valence-corrected chi connectivity index (χ1v) is 8.12. The van der Waals surface area contributed by atoms with E-state index in [0.717, 1.165) is 12.5 Å². The molecule has 0 amide bonds. The van der Waals surface area contributed by atoms with Gasteiger partial charge in [0.05, 0.1) is 6.54 Å². The summed E-state index contributed by atoms with van der Waals surface area (Å²) in [5.74, 6) is 3.48. The highest BCUT2D eigenvalue weighted by Crippen LogP contribution is 2.31. The predicted molar refractivity (Wildman–Crippen MR) is 98.1 cm³/mol. The third-order valence-corrected chi connectivity index (χ3v) is 5.08. The predicted octanol–water partition coefficient (Wildman–Crippen LogP) is 3.13. The zero-order valence-electron chi connectivity index (χ0n) is 12.0. The maximum absolute atomic E-state index is 4.71. The van der Waals surface area contributed by atoms with E-state index in [1.54, 1.807) is 4.88 Å². The Kier molecular flexibility index (Phi) is 6.96. The van der Waals surface area contributed by atoms with E-state index >= 15 is 0 Å². The van der Waals surface area contributed by atoms with Crippen molar-refractivity contribution >= 4 is 53.0 Å². The summed E-state index contributed by atoms with van der Waals surface area (Å²) in [6, 6.07) is 2.35. The van der Waals surface area contributed by atoms with Crippen molar-refractivity contribution in [3.8, 4) is 0 Å². The van der Waals surface area contributed by atoms with Crippen LogP contribution >= 0.6 is 47.1 Å². The maximum Gasteiger partial charge on any atom is 0.195 e. The maximum atomic E-state index is 4.71. The average Bonchev–Trinajstić information content (AvgIpc) is 2.70. The number of halogens is 1. The monoisotopic (exact) mass is 411 g/mol. The lowest BCUT2D eigenvalue weighted by molar-refractivity contribution is 0.479. The molecule has 0 N–H and O–H groups in total. The molecular weight excluding hydrogens is 389 g/mol. The van der Waals surface area contributed by atoms with Crippen LogP contribution in [0.4, 0.5) is 0 Å². The molecule has 1 aromatic heterocycles. The number of rotatable bonds is 2. The minimum atomic E-state index is 0. The molecule has 0 saturated heterocycles. The molecule has 0 unspecified atom stereocenters. The first-order chi connectivity index (χ1) is 8.58. The Hall–Kier alpha value is 0.0500. The van der Waals surface area contributed by atoms with Crippen LogP contribution in [0.2, 0.25) is 0 Å². The fourth-order valence-electron chi connectivity index (χ4n) is 2.12. The van der Waals surface area contributed by atoms with E-state index < -0.39 is 0 Å².